The van der Waals surface area contributed by atoms with E-state index < -0.39 is 0 Å². The zero-order chi connectivity index (χ0) is 14.7. The Morgan fingerprint density at radius 3 is 2.95 bits per heavy atom. The molecule has 21 heavy (non-hydrogen) atoms. The average molecular weight is 323 g/mol. The largest absolute Gasteiger partial charge is 0.293 e. The van der Waals surface area contributed by atoms with Gasteiger partial charge in [-0.05, 0) is 35.4 Å². The molecule has 0 amide bonds. The third-order valence-electron chi connectivity index (χ3n) is 3.61. The molecule has 1 aliphatic rings. The lowest BCUT2D eigenvalue weighted by Gasteiger charge is -2.10. The smallest absolute Gasteiger partial charge is 0.210 e. The molecule has 0 spiro atoms. The molecule has 0 unspecified atom stereocenters. The van der Waals surface area contributed by atoms with Gasteiger partial charge in [0, 0.05) is 10.6 Å². The summed E-state index contributed by atoms with van der Waals surface area (Å²) in [5.41, 5.74) is 0.620. The van der Waals surface area contributed by atoms with E-state index in [1.165, 1.54) is 24.6 Å². The summed E-state index contributed by atoms with van der Waals surface area (Å²) in [6.45, 7) is 0. The minimum absolute atomic E-state index is 0.0310. The van der Waals surface area contributed by atoms with Crippen LogP contribution in [0.25, 0.3) is 0 Å². The Bertz CT molecular complexity index is 639. The number of benzene rings is 1. The molecule has 110 valence electrons. The molecule has 0 saturated heterocycles. The number of aromatic nitrogens is 4. The highest BCUT2D eigenvalue weighted by Gasteiger charge is 2.22. The van der Waals surface area contributed by atoms with Gasteiger partial charge < -0.3 is 0 Å². The Balaban J connectivity index is 1.65. The minimum atomic E-state index is 0.0310. The van der Waals surface area contributed by atoms with E-state index in [-0.39, 0.29) is 5.78 Å². The van der Waals surface area contributed by atoms with Crippen molar-refractivity contribution >= 4 is 29.1 Å². The van der Waals surface area contributed by atoms with E-state index in [1.54, 1.807) is 24.3 Å². The second-order valence-corrected chi connectivity index (χ2v) is 6.45. The molecule has 0 aliphatic heterocycles. The van der Waals surface area contributed by atoms with Gasteiger partial charge in [0.05, 0.1) is 11.8 Å². The second-order valence-electron chi connectivity index (χ2n) is 5.07. The molecule has 1 aliphatic carbocycles. The van der Waals surface area contributed by atoms with Crippen LogP contribution in [0.3, 0.4) is 0 Å². The van der Waals surface area contributed by atoms with Crippen molar-refractivity contribution in [3.05, 3.63) is 34.9 Å². The summed E-state index contributed by atoms with van der Waals surface area (Å²) in [6, 6.07) is 7.37. The maximum absolute atomic E-state index is 12.2. The van der Waals surface area contributed by atoms with Crippen LogP contribution in [0.1, 0.15) is 42.1 Å². The molecule has 7 heteroatoms. The van der Waals surface area contributed by atoms with E-state index in [0.29, 0.717) is 22.4 Å². The van der Waals surface area contributed by atoms with Gasteiger partial charge in [0.25, 0.3) is 0 Å². The molecule has 5 nitrogen and oxygen atoms in total. The van der Waals surface area contributed by atoms with E-state index >= 15 is 0 Å². The average Bonchev–Trinajstić information content (AvgIpc) is 3.15. The van der Waals surface area contributed by atoms with Crippen molar-refractivity contribution < 1.29 is 4.79 Å². The van der Waals surface area contributed by atoms with Gasteiger partial charge in [-0.2, -0.15) is 0 Å². The van der Waals surface area contributed by atoms with Crippen molar-refractivity contribution in [3.8, 4) is 0 Å². The summed E-state index contributed by atoms with van der Waals surface area (Å²) in [6.07, 6.45) is 4.66. The van der Waals surface area contributed by atoms with Crippen LogP contribution in [0.5, 0.6) is 0 Å². The number of tetrazole rings is 1. The standard InChI is InChI=1S/C14H15ClN4OS/c15-11-5-3-4-10(8-11)13(20)9-21-14-16-17-18-19(14)12-6-1-2-7-12/h3-5,8,12H,1-2,6-7,9H2. The Kier molecular flexibility index (Phi) is 4.55. The van der Waals surface area contributed by atoms with Gasteiger partial charge in [-0.15, -0.1) is 5.10 Å². The fraction of sp³-hybridized carbons (Fsp3) is 0.429. The number of carbonyl (C=O) groups is 1. The molecule has 1 saturated carbocycles. The summed E-state index contributed by atoms with van der Waals surface area (Å²) in [4.78, 5) is 12.2. The van der Waals surface area contributed by atoms with Gasteiger partial charge in [0.1, 0.15) is 0 Å². The van der Waals surface area contributed by atoms with E-state index in [4.69, 9.17) is 11.6 Å². The molecular formula is C14H15ClN4OS. The normalized spacial score (nSPS) is 15.5. The van der Waals surface area contributed by atoms with E-state index in [0.717, 1.165) is 18.0 Å². The van der Waals surface area contributed by atoms with Crippen LogP contribution in [0, 0.1) is 0 Å². The zero-order valence-corrected chi connectivity index (χ0v) is 13.0. The first kappa shape index (κ1) is 14.5. The monoisotopic (exact) mass is 322 g/mol. The molecular weight excluding hydrogens is 308 g/mol. The number of hydrogen-bond donors (Lipinski definition) is 0. The number of hydrogen-bond acceptors (Lipinski definition) is 5. The van der Waals surface area contributed by atoms with Gasteiger partial charge in [0.15, 0.2) is 5.78 Å². The Morgan fingerprint density at radius 1 is 1.38 bits per heavy atom. The minimum Gasteiger partial charge on any atom is -0.293 e. The molecule has 3 rings (SSSR count). The number of thioether (sulfide) groups is 1. The maximum atomic E-state index is 12.2. The number of Topliss-reactive ketones (excluding diaryl/α,β-unsaturated/α-hetero) is 1. The topological polar surface area (TPSA) is 60.7 Å². The predicted octanol–water partition coefficient (Wildman–Crippen LogP) is 3.42. The third-order valence-corrected chi connectivity index (χ3v) is 4.78. The first-order valence-electron chi connectivity index (χ1n) is 6.93. The van der Waals surface area contributed by atoms with Crippen molar-refractivity contribution in [2.75, 3.05) is 5.75 Å². The molecule has 0 radical (unpaired) electrons. The Labute approximate surface area is 132 Å². The van der Waals surface area contributed by atoms with E-state index in [9.17, 15) is 4.79 Å². The van der Waals surface area contributed by atoms with Crippen molar-refractivity contribution in [2.24, 2.45) is 0 Å². The van der Waals surface area contributed by atoms with Crippen molar-refractivity contribution in [1.29, 1.82) is 0 Å². The summed E-state index contributed by atoms with van der Waals surface area (Å²) in [5, 5.41) is 13.1. The number of ketones is 1. The fourth-order valence-corrected chi connectivity index (χ4v) is 3.56. The number of rotatable bonds is 5. The molecule has 0 N–H and O–H groups in total. The van der Waals surface area contributed by atoms with Crippen molar-refractivity contribution in [3.63, 3.8) is 0 Å². The highest BCUT2D eigenvalue weighted by atomic mass is 35.5. The molecule has 1 heterocycles. The van der Waals surface area contributed by atoms with E-state index in [1.807, 2.05) is 4.68 Å². The SMILES string of the molecule is O=C(CSc1nnnn1C1CCCC1)c1cccc(Cl)c1. The quantitative estimate of drug-likeness (QED) is 0.623. The molecule has 1 aromatic heterocycles. The second kappa shape index (κ2) is 6.58. The predicted molar refractivity (Wildman–Crippen MR) is 81.8 cm³/mol. The number of nitrogens with zero attached hydrogens (tertiary/aromatic N) is 4. The van der Waals surface area contributed by atoms with Crippen LogP contribution < -0.4 is 0 Å². The van der Waals surface area contributed by atoms with Gasteiger partial charge in [-0.3, -0.25) is 4.79 Å². The van der Waals surface area contributed by atoms with Gasteiger partial charge >= 0.3 is 0 Å². The lowest BCUT2D eigenvalue weighted by molar-refractivity contribution is 0.102. The summed E-state index contributed by atoms with van der Waals surface area (Å²) in [7, 11) is 0. The number of halogens is 1. The van der Waals surface area contributed by atoms with Crippen LogP contribution in [-0.4, -0.2) is 31.7 Å². The highest BCUT2D eigenvalue weighted by Crippen LogP contribution is 2.31. The van der Waals surface area contributed by atoms with Crippen LogP contribution in [0.4, 0.5) is 0 Å². The van der Waals surface area contributed by atoms with Gasteiger partial charge in [0.2, 0.25) is 5.16 Å². The number of carbonyl (C=O) groups excluding carboxylic acids is 1. The highest BCUT2D eigenvalue weighted by molar-refractivity contribution is 7.99. The molecule has 1 aromatic carbocycles. The van der Waals surface area contributed by atoms with E-state index in [2.05, 4.69) is 15.5 Å². The van der Waals surface area contributed by atoms with Gasteiger partial charge in [-0.25, -0.2) is 4.68 Å². The Morgan fingerprint density at radius 2 is 2.19 bits per heavy atom. The van der Waals surface area contributed by atoms with Crippen molar-refractivity contribution in [1.82, 2.24) is 20.2 Å². The van der Waals surface area contributed by atoms with Crippen LogP contribution in [0.15, 0.2) is 29.4 Å². The van der Waals surface area contributed by atoms with Gasteiger partial charge in [-0.1, -0.05) is 48.3 Å². The lowest BCUT2D eigenvalue weighted by Crippen LogP contribution is -2.10. The summed E-state index contributed by atoms with van der Waals surface area (Å²) in [5.74, 6) is 0.344. The molecule has 0 bridgehead atoms. The first-order chi connectivity index (χ1) is 10.2. The first-order valence-corrected chi connectivity index (χ1v) is 8.30. The third kappa shape index (κ3) is 3.44. The maximum Gasteiger partial charge on any atom is 0.210 e. The Hall–Kier alpha value is -1.40. The molecule has 2 aromatic rings. The molecule has 1 fully saturated rings. The zero-order valence-electron chi connectivity index (χ0n) is 11.4. The summed E-state index contributed by atoms with van der Waals surface area (Å²) < 4.78 is 1.86. The molecule has 0 atom stereocenters. The lowest BCUT2D eigenvalue weighted by atomic mass is 10.1. The van der Waals surface area contributed by atoms with Crippen LogP contribution >= 0.6 is 23.4 Å². The van der Waals surface area contributed by atoms with Crippen LogP contribution in [0.2, 0.25) is 5.02 Å². The fourth-order valence-electron chi connectivity index (χ4n) is 2.53. The summed E-state index contributed by atoms with van der Waals surface area (Å²) >= 11 is 7.29. The van der Waals surface area contributed by atoms with Crippen molar-refractivity contribution in [2.45, 2.75) is 36.9 Å². The van der Waals surface area contributed by atoms with Crippen LogP contribution in [-0.2, 0) is 0 Å².